The summed E-state index contributed by atoms with van der Waals surface area (Å²) < 4.78 is 4.27. The maximum Gasteiger partial charge on any atom is 0.203 e. The molecule has 0 atom stereocenters. The Kier molecular flexibility index (Phi) is 3.44. The van der Waals surface area contributed by atoms with Crippen LogP contribution in [0.3, 0.4) is 0 Å². The Hall–Kier alpha value is -0.680. The van der Waals surface area contributed by atoms with Gasteiger partial charge >= 0.3 is 0 Å². The maximum absolute atomic E-state index is 4.39. The lowest BCUT2D eigenvalue weighted by Crippen LogP contribution is -2.25. The van der Waals surface area contributed by atoms with Crippen LogP contribution in [0, 0.1) is 0 Å². The monoisotopic (exact) mass is 214 g/mol. The largest absolute Gasteiger partial charge is 0.356 e. The molecule has 1 aromatic rings. The number of nitrogens with one attached hydrogen (secondary N) is 1. The van der Waals surface area contributed by atoms with Crippen molar-refractivity contribution in [2.45, 2.75) is 32.9 Å². The Labute approximate surface area is 89.5 Å². The first-order valence-corrected chi connectivity index (χ1v) is 5.40. The molecule has 5 heteroatoms. The van der Waals surface area contributed by atoms with Crippen molar-refractivity contribution in [1.29, 1.82) is 0 Å². The van der Waals surface area contributed by atoms with Crippen LogP contribution >= 0.6 is 11.5 Å². The van der Waals surface area contributed by atoms with E-state index >= 15 is 0 Å². The van der Waals surface area contributed by atoms with Crippen molar-refractivity contribution < 1.29 is 0 Å². The predicted molar refractivity (Wildman–Crippen MR) is 60.7 cm³/mol. The maximum atomic E-state index is 4.39. The van der Waals surface area contributed by atoms with E-state index in [1.807, 2.05) is 14.1 Å². The quantitative estimate of drug-likeness (QED) is 0.833. The number of anilines is 1. The molecule has 0 saturated carbocycles. The molecular formula is C9H18N4S. The third kappa shape index (κ3) is 4.02. The molecular weight excluding hydrogens is 196 g/mol. The first-order chi connectivity index (χ1) is 6.37. The van der Waals surface area contributed by atoms with E-state index in [0.29, 0.717) is 0 Å². The molecule has 0 amide bonds. The Morgan fingerprint density at radius 1 is 1.36 bits per heavy atom. The zero-order chi connectivity index (χ0) is 10.8. The van der Waals surface area contributed by atoms with Gasteiger partial charge in [0.15, 0.2) is 5.82 Å². The highest BCUT2D eigenvalue weighted by Crippen LogP contribution is 2.16. The van der Waals surface area contributed by atoms with Gasteiger partial charge in [0, 0.05) is 17.1 Å². The lowest BCUT2D eigenvalue weighted by molar-refractivity contribution is 0.392. The van der Waals surface area contributed by atoms with Gasteiger partial charge in [-0.05, 0) is 34.9 Å². The molecule has 0 aliphatic heterocycles. The molecule has 0 aliphatic carbocycles. The van der Waals surface area contributed by atoms with E-state index < -0.39 is 0 Å². The number of rotatable bonds is 3. The summed E-state index contributed by atoms with van der Waals surface area (Å²) in [4.78, 5) is 6.45. The fraction of sp³-hybridized carbons (Fsp3) is 0.778. The molecule has 1 N–H and O–H groups in total. The van der Waals surface area contributed by atoms with E-state index in [-0.39, 0.29) is 5.54 Å². The molecule has 0 unspecified atom stereocenters. The van der Waals surface area contributed by atoms with Crippen LogP contribution in [0.5, 0.6) is 0 Å². The third-order valence-electron chi connectivity index (χ3n) is 1.41. The average Bonchev–Trinajstić information content (AvgIpc) is 2.30. The SMILES string of the molecule is CN(C)Cc1nsc(NC(C)(C)C)n1. The van der Waals surface area contributed by atoms with E-state index in [0.717, 1.165) is 17.5 Å². The highest BCUT2D eigenvalue weighted by Gasteiger charge is 2.12. The van der Waals surface area contributed by atoms with Gasteiger partial charge in [-0.3, -0.25) is 0 Å². The Bertz CT molecular complexity index is 287. The van der Waals surface area contributed by atoms with Crippen molar-refractivity contribution in [2.24, 2.45) is 0 Å². The van der Waals surface area contributed by atoms with Crippen molar-refractivity contribution in [3.8, 4) is 0 Å². The smallest absolute Gasteiger partial charge is 0.203 e. The number of nitrogens with zero attached hydrogens (tertiary/aromatic N) is 3. The number of hydrogen-bond acceptors (Lipinski definition) is 5. The first kappa shape index (κ1) is 11.4. The molecule has 80 valence electrons. The second-order valence-electron chi connectivity index (χ2n) is 4.63. The second kappa shape index (κ2) is 4.23. The van der Waals surface area contributed by atoms with Gasteiger partial charge in [-0.2, -0.15) is 4.37 Å². The average molecular weight is 214 g/mol. The van der Waals surface area contributed by atoms with Gasteiger partial charge in [0.05, 0.1) is 6.54 Å². The minimum Gasteiger partial charge on any atom is -0.356 e. The zero-order valence-corrected chi connectivity index (χ0v) is 10.3. The topological polar surface area (TPSA) is 41.1 Å². The molecule has 1 aromatic heterocycles. The molecule has 0 saturated heterocycles. The van der Waals surface area contributed by atoms with Gasteiger partial charge in [-0.25, -0.2) is 4.98 Å². The molecule has 1 rings (SSSR count). The van der Waals surface area contributed by atoms with E-state index in [1.54, 1.807) is 0 Å². The van der Waals surface area contributed by atoms with Crippen LogP contribution in [0.4, 0.5) is 5.13 Å². The Balaban J connectivity index is 2.60. The van der Waals surface area contributed by atoms with Crippen molar-refractivity contribution >= 4 is 16.7 Å². The summed E-state index contributed by atoms with van der Waals surface area (Å²) in [5.74, 6) is 0.881. The van der Waals surface area contributed by atoms with Crippen LogP contribution in [-0.4, -0.2) is 33.9 Å². The molecule has 0 fully saturated rings. The summed E-state index contributed by atoms with van der Waals surface area (Å²) in [7, 11) is 4.02. The summed E-state index contributed by atoms with van der Waals surface area (Å²) >= 11 is 1.42. The molecule has 0 aromatic carbocycles. The lowest BCUT2D eigenvalue weighted by atomic mass is 10.1. The molecule has 4 nitrogen and oxygen atoms in total. The highest BCUT2D eigenvalue weighted by atomic mass is 32.1. The van der Waals surface area contributed by atoms with Gasteiger partial charge in [-0.1, -0.05) is 0 Å². The van der Waals surface area contributed by atoms with Crippen LogP contribution in [0.15, 0.2) is 0 Å². The predicted octanol–water partition coefficient (Wildman–Crippen LogP) is 1.81. The van der Waals surface area contributed by atoms with Gasteiger partial charge in [0.2, 0.25) is 5.13 Å². The Morgan fingerprint density at radius 3 is 2.50 bits per heavy atom. The van der Waals surface area contributed by atoms with Crippen LogP contribution in [-0.2, 0) is 6.54 Å². The summed E-state index contributed by atoms with van der Waals surface area (Å²) in [6.07, 6.45) is 0. The number of hydrogen-bond donors (Lipinski definition) is 1. The van der Waals surface area contributed by atoms with Gasteiger partial charge in [-0.15, -0.1) is 0 Å². The molecule has 14 heavy (non-hydrogen) atoms. The van der Waals surface area contributed by atoms with Crippen LogP contribution in [0.2, 0.25) is 0 Å². The molecule has 0 aliphatic rings. The van der Waals surface area contributed by atoms with Crippen molar-refractivity contribution in [1.82, 2.24) is 14.3 Å². The molecule has 0 spiro atoms. The van der Waals surface area contributed by atoms with Gasteiger partial charge in [0.25, 0.3) is 0 Å². The fourth-order valence-electron chi connectivity index (χ4n) is 0.973. The Morgan fingerprint density at radius 2 is 2.00 bits per heavy atom. The molecule has 0 radical (unpaired) electrons. The van der Waals surface area contributed by atoms with Gasteiger partial charge < -0.3 is 10.2 Å². The minimum absolute atomic E-state index is 0.0505. The van der Waals surface area contributed by atoms with E-state index in [4.69, 9.17) is 0 Å². The van der Waals surface area contributed by atoms with Crippen molar-refractivity contribution in [3.63, 3.8) is 0 Å². The van der Waals surface area contributed by atoms with E-state index in [9.17, 15) is 0 Å². The summed E-state index contributed by atoms with van der Waals surface area (Å²) in [6, 6.07) is 0. The third-order valence-corrected chi connectivity index (χ3v) is 2.08. The molecule has 0 bridgehead atoms. The molecule has 1 heterocycles. The fourth-order valence-corrected chi connectivity index (χ4v) is 1.76. The summed E-state index contributed by atoms with van der Waals surface area (Å²) in [5, 5.41) is 4.20. The zero-order valence-electron chi connectivity index (χ0n) is 9.46. The van der Waals surface area contributed by atoms with Crippen LogP contribution in [0.1, 0.15) is 26.6 Å². The lowest BCUT2D eigenvalue weighted by Gasteiger charge is -2.18. The number of aromatic nitrogens is 2. The van der Waals surface area contributed by atoms with E-state index in [2.05, 4.69) is 40.3 Å². The van der Waals surface area contributed by atoms with Crippen LogP contribution < -0.4 is 5.32 Å². The van der Waals surface area contributed by atoms with Crippen molar-refractivity contribution in [2.75, 3.05) is 19.4 Å². The second-order valence-corrected chi connectivity index (χ2v) is 5.38. The standard InChI is InChI=1S/C9H18N4S/c1-9(2,3)11-8-10-7(12-14-8)6-13(4)5/h6H2,1-5H3,(H,10,11,12). The van der Waals surface area contributed by atoms with Gasteiger partial charge in [0.1, 0.15) is 0 Å². The van der Waals surface area contributed by atoms with E-state index in [1.165, 1.54) is 11.5 Å². The normalized spacial score (nSPS) is 12.1. The van der Waals surface area contributed by atoms with Crippen LogP contribution in [0.25, 0.3) is 0 Å². The highest BCUT2D eigenvalue weighted by molar-refractivity contribution is 7.09. The first-order valence-electron chi connectivity index (χ1n) is 4.62. The summed E-state index contributed by atoms with van der Waals surface area (Å²) in [6.45, 7) is 7.13. The summed E-state index contributed by atoms with van der Waals surface area (Å²) in [5.41, 5.74) is 0.0505. The van der Waals surface area contributed by atoms with Crippen molar-refractivity contribution in [3.05, 3.63) is 5.82 Å². The minimum atomic E-state index is 0.0505.